The quantitative estimate of drug-likeness (QED) is 0.776. The summed E-state index contributed by atoms with van der Waals surface area (Å²) in [7, 11) is -3.31. The summed E-state index contributed by atoms with van der Waals surface area (Å²) in [5, 5.41) is 8.95. The summed E-state index contributed by atoms with van der Waals surface area (Å²) in [5.74, 6) is -0.0973. The average molecular weight is 398 g/mol. The van der Waals surface area contributed by atoms with Crippen LogP contribution in [-0.4, -0.2) is 38.6 Å². The number of rotatable bonds is 5. The molecule has 0 N–H and O–H groups in total. The normalized spacial score (nSPS) is 14.3. The number of anilines is 1. The van der Waals surface area contributed by atoms with Gasteiger partial charge in [-0.25, -0.2) is 8.42 Å². The number of sulfonamides is 1. The summed E-state index contributed by atoms with van der Waals surface area (Å²) in [6, 6.07) is 14.4. The molecule has 1 aliphatic rings. The second-order valence-corrected chi connectivity index (χ2v) is 8.84. The Kier molecular flexibility index (Phi) is 5.43. The molecular formula is C21H23N3O3S. The van der Waals surface area contributed by atoms with Crippen molar-refractivity contribution in [3.05, 3.63) is 64.7 Å². The van der Waals surface area contributed by atoms with Gasteiger partial charge < -0.3 is 4.90 Å². The Hall–Kier alpha value is -2.85. The minimum Gasteiger partial charge on any atom is -0.332 e. The number of carbonyl (C=O) groups excluding carboxylic acids is 1. The van der Waals surface area contributed by atoms with Gasteiger partial charge in [-0.1, -0.05) is 12.1 Å². The first-order valence-corrected chi connectivity index (χ1v) is 11.0. The van der Waals surface area contributed by atoms with Crippen molar-refractivity contribution < 1.29 is 13.2 Å². The van der Waals surface area contributed by atoms with Crippen molar-refractivity contribution in [2.24, 2.45) is 0 Å². The summed E-state index contributed by atoms with van der Waals surface area (Å²) in [4.78, 5) is 14.9. The van der Waals surface area contributed by atoms with Gasteiger partial charge in [0.15, 0.2) is 0 Å². The van der Waals surface area contributed by atoms with Gasteiger partial charge in [0.2, 0.25) is 10.0 Å². The molecule has 28 heavy (non-hydrogen) atoms. The van der Waals surface area contributed by atoms with Crippen molar-refractivity contribution in [3.8, 4) is 6.07 Å². The largest absolute Gasteiger partial charge is 0.332 e. The lowest BCUT2D eigenvalue weighted by Crippen LogP contribution is -2.33. The lowest BCUT2D eigenvalue weighted by molar-refractivity contribution is 0.0702. The van der Waals surface area contributed by atoms with Gasteiger partial charge in [0.05, 0.1) is 29.6 Å². The first-order valence-electron chi connectivity index (χ1n) is 9.18. The summed E-state index contributed by atoms with van der Waals surface area (Å²) in [6.45, 7) is 4.83. The highest BCUT2D eigenvalue weighted by atomic mass is 32.2. The van der Waals surface area contributed by atoms with Crippen LogP contribution in [0.2, 0.25) is 0 Å². The van der Waals surface area contributed by atoms with Crippen molar-refractivity contribution >= 4 is 21.6 Å². The van der Waals surface area contributed by atoms with E-state index in [9.17, 15) is 13.2 Å². The van der Waals surface area contributed by atoms with Crippen molar-refractivity contribution in [2.45, 2.75) is 26.3 Å². The number of hydrogen-bond donors (Lipinski definition) is 0. The number of carbonyl (C=O) groups is 1. The molecule has 0 radical (unpaired) electrons. The Bertz CT molecular complexity index is 1040. The van der Waals surface area contributed by atoms with E-state index in [0.717, 1.165) is 11.1 Å². The first-order chi connectivity index (χ1) is 13.3. The van der Waals surface area contributed by atoms with Crippen LogP contribution in [0.3, 0.4) is 0 Å². The summed E-state index contributed by atoms with van der Waals surface area (Å²) >= 11 is 0. The number of nitrogens with zero attached hydrogens (tertiary/aromatic N) is 3. The average Bonchev–Trinajstić information content (AvgIpc) is 3.12. The highest BCUT2D eigenvalue weighted by molar-refractivity contribution is 7.92. The van der Waals surface area contributed by atoms with Gasteiger partial charge in [0.25, 0.3) is 5.91 Å². The Balaban J connectivity index is 1.86. The van der Waals surface area contributed by atoms with Crippen molar-refractivity contribution in [3.63, 3.8) is 0 Å². The van der Waals surface area contributed by atoms with Gasteiger partial charge in [-0.3, -0.25) is 9.10 Å². The van der Waals surface area contributed by atoms with Gasteiger partial charge in [0, 0.05) is 18.7 Å². The monoisotopic (exact) mass is 397 g/mol. The minimum absolute atomic E-state index is 0.0973. The fraction of sp³-hybridized carbons (Fsp3) is 0.333. The molecule has 0 aromatic heterocycles. The molecule has 0 aliphatic carbocycles. The second-order valence-electron chi connectivity index (χ2n) is 6.93. The minimum atomic E-state index is -3.31. The van der Waals surface area contributed by atoms with Crippen LogP contribution >= 0.6 is 0 Å². The topological polar surface area (TPSA) is 81.5 Å². The fourth-order valence-corrected chi connectivity index (χ4v) is 4.58. The zero-order chi connectivity index (χ0) is 20.5. The van der Waals surface area contributed by atoms with Gasteiger partial charge >= 0.3 is 0 Å². The maximum atomic E-state index is 13.1. The molecule has 1 atom stereocenters. The van der Waals surface area contributed by atoms with E-state index < -0.39 is 10.0 Å². The fourth-order valence-electron chi connectivity index (χ4n) is 3.62. The molecule has 0 saturated heterocycles. The molecule has 2 aromatic rings. The number of hydrogen-bond acceptors (Lipinski definition) is 4. The molecule has 1 heterocycles. The molecule has 0 spiro atoms. The zero-order valence-corrected chi connectivity index (χ0v) is 17.0. The Labute approximate surface area is 166 Å². The molecule has 6 nitrogen and oxygen atoms in total. The van der Waals surface area contributed by atoms with E-state index in [1.54, 1.807) is 35.2 Å². The van der Waals surface area contributed by atoms with Gasteiger partial charge in [-0.2, -0.15) is 5.26 Å². The van der Waals surface area contributed by atoms with Gasteiger partial charge in [-0.05, 0) is 61.7 Å². The smallest absolute Gasteiger partial charge is 0.254 e. The Morgan fingerprint density at radius 1 is 1.25 bits per heavy atom. The van der Waals surface area contributed by atoms with E-state index in [1.165, 1.54) is 10.6 Å². The molecule has 1 unspecified atom stereocenters. The molecule has 1 aliphatic heterocycles. The van der Waals surface area contributed by atoms with E-state index in [0.29, 0.717) is 36.3 Å². The molecule has 3 rings (SSSR count). The molecule has 146 valence electrons. The highest BCUT2D eigenvalue weighted by Gasteiger charge is 2.28. The third-order valence-electron chi connectivity index (χ3n) is 5.17. The van der Waals surface area contributed by atoms with Crippen LogP contribution in [0, 0.1) is 11.3 Å². The molecule has 0 bridgehead atoms. The standard InChI is InChI=1S/C21H23N3O3S/c1-4-23(15(2)17-7-5-16(14-22)6-8-17)21(25)19-9-10-20-18(13-19)11-12-24(20)28(3,26)27/h5-10,13,15H,4,11-12H2,1-3H3. The van der Waals surface area contributed by atoms with E-state index in [1.807, 2.05) is 26.0 Å². The van der Waals surface area contributed by atoms with Crippen molar-refractivity contribution in [1.82, 2.24) is 4.90 Å². The number of amides is 1. The molecule has 2 aromatic carbocycles. The molecule has 0 fully saturated rings. The van der Waals surface area contributed by atoms with Crippen molar-refractivity contribution in [1.29, 1.82) is 5.26 Å². The predicted octanol–water partition coefficient (Wildman–Crippen LogP) is 3.10. The number of fused-ring (bicyclic) bond motifs is 1. The van der Waals surface area contributed by atoms with Crippen LogP contribution in [-0.2, 0) is 16.4 Å². The van der Waals surface area contributed by atoms with E-state index in [-0.39, 0.29) is 11.9 Å². The first kappa shape index (κ1) is 19.9. The molecule has 1 amide bonds. The summed E-state index contributed by atoms with van der Waals surface area (Å²) in [5.41, 5.74) is 3.62. The van der Waals surface area contributed by atoms with Crippen LogP contribution < -0.4 is 4.31 Å². The van der Waals surface area contributed by atoms with Crippen LogP contribution in [0.4, 0.5) is 5.69 Å². The number of nitriles is 1. The number of benzene rings is 2. The summed E-state index contributed by atoms with van der Waals surface area (Å²) in [6.07, 6.45) is 1.79. The van der Waals surface area contributed by atoms with Crippen LogP contribution in [0.15, 0.2) is 42.5 Å². The van der Waals surface area contributed by atoms with E-state index >= 15 is 0 Å². The zero-order valence-electron chi connectivity index (χ0n) is 16.2. The molecular weight excluding hydrogens is 374 g/mol. The Morgan fingerprint density at radius 3 is 2.50 bits per heavy atom. The van der Waals surface area contributed by atoms with Crippen LogP contribution in [0.25, 0.3) is 0 Å². The maximum Gasteiger partial charge on any atom is 0.254 e. The third kappa shape index (κ3) is 3.73. The SMILES string of the molecule is CCN(C(=O)c1ccc2c(c1)CCN2S(C)(=O)=O)C(C)c1ccc(C#N)cc1. The predicted molar refractivity (Wildman–Crippen MR) is 109 cm³/mol. The Morgan fingerprint density at radius 2 is 1.93 bits per heavy atom. The molecule has 0 saturated carbocycles. The van der Waals surface area contributed by atoms with Crippen LogP contribution in [0.5, 0.6) is 0 Å². The van der Waals surface area contributed by atoms with E-state index in [2.05, 4.69) is 6.07 Å². The maximum absolute atomic E-state index is 13.1. The lowest BCUT2D eigenvalue weighted by atomic mass is 10.0. The highest BCUT2D eigenvalue weighted by Crippen LogP contribution is 2.32. The van der Waals surface area contributed by atoms with Gasteiger partial charge in [0.1, 0.15) is 0 Å². The van der Waals surface area contributed by atoms with Crippen LogP contribution in [0.1, 0.15) is 46.9 Å². The van der Waals surface area contributed by atoms with E-state index in [4.69, 9.17) is 5.26 Å². The second kappa shape index (κ2) is 7.64. The van der Waals surface area contributed by atoms with Gasteiger partial charge in [-0.15, -0.1) is 0 Å². The summed E-state index contributed by atoms with van der Waals surface area (Å²) < 4.78 is 25.2. The third-order valence-corrected chi connectivity index (χ3v) is 6.35. The lowest BCUT2D eigenvalue weighted by Gasteiger charge is -2.29. The van der Waals surface area contributed by atoms with Crippen molar-refractivity contribution in [2.75, 3.05) is 23.7 Å². The molecule has 7 heteroatoms.